The summed E-state index contributed by atoms with van der Waals surface area (Å²) in [5.41, 5.74) is 1.68. The minimum absolute atomic E-state index is 0.144. The lowest BCUT2D eigenvalue weighted by molar-refractivity contribution is 0.0947. The minimum Gasteiger partial charge on any atom is -0.480 e. The van der Waals surface area contributed by atoms with Gasteiger partial charge in [-0.2, -0.15) is 0 Å². The van der Waals surface area contributed by atoms with Crippen LogP contribution in [-0.4, -0.2) is 37.1 Å². The van der Waals surface area contributed by atoms with Crippen molar-refractivity contribution in [2.45, 2.75) is 18.9 Å². The van der Waals surface area contributed by atoms with Crippen LogP contribution in [0, 0.1) is 0 Å². The molecule has 5 heteroatoms. The third-order valence-electron chi connectivity index (χ3n) is 4.17. The maximum atomic E-state index is 12.4. The Morgan fingerprint density at radius 1 is 1.30 bits per heavy atom. The van der Waals surface area contributed by atoms with E-state index in [0.717, 1.165) is 19.4 Å². The van der Waals surface area contributed by atoms with Crippen molar-refractivity contribution in [2.75, 3.05) is 25.1 Å². The normalized spacial score (nSPS) is 17.1. The summed E-state index contributed by atoms with van der Waals surface area (Å²) in [7, 11) is 1.52. The van der Waals surface area contributed by atoms with Gasteiger partial charge < -0.3 is 15.0 Å². The summed E-state index contributed by atoms with van der Waals surface area (Å²) < 4.78 is 5.15. The van der Waals surface area contributed by atoms with Crippen LogP contribution in [0.25, 0.3) is 0 Å². The largest absolute Gasteiger partial charge is 0.480 e. The molecule has 1 fully saturated rings. The summed E-state index contributed by atoms with van der Waals surface area (Å²) in [5, 5.41) is 3.01. The average Bonchev–Trinajstić information content (AvgIpc) is 3.09. The van der Waals surface area contributed by atoms with Crippen molar-refractivity contribution in [3.05, 3.63) is 54.2 Å². The number of carbonyl (C=O) groups is 1. The molecule has 0 saturated carbocycles. The Bertz CT molecular complexity index is 660. The molecule has 1 aliphatic rings. The van der Waals surface area contributed by atoms with Gasteiger partial charge in [-0.15, -0.1) is 0 Å². The number of amides is 1. The Morgan fingerprint density at radius 3 is 2.91 bits per heavy atom. The number of hydrogen-bond acceptors (Lipinski definition) is 4. The minimum atomic E-state index is -0.144. The zero-order valence-corrected chi connectivity index (χ0v) is 13.2. The lowest BCUT2D eigenvalue weighted by Gasteiger charge is -2.27. The zero-order chi connectivity index (χ0) is 16.1. The summed E-state index contributed by atoms with van der Waals surface area (Å²) in [6, 6.07) is 14.1. The second-order valence-corrected chi connectivity index (χ2v) is 5.60. The molecule has 5 nitrogen and oxygen atoms in total. The van der Waals surface area contributed by atoms with E-state index >= 15 is 0 Å². The van der Waals surface area contributed by atoms with Crippen LogP contribution in [0.1, 0.15) is 23.2 Å². The van der Waals surface area contributed by atoms with Crippen LogP contribution >= 0.6 is 0 Å². The van der Waals surface area contributed by atoms with Crippen LogP contribution in [0.5, 0.6) is 5.88 Å². The monoisotopic (exact) mass is 311 g/mol. The van der Waals surface area contributed by atoms with Gasteiger partial charge in [0.25, 0.3) is 5.91 Å². The number of benzene rings is 1. The maximum absolute atomic E-state index is 12.4. The second-order valence-electron chi connectivity index (χ2n) is 5.60. The molecule has 1 aromatic heterocycles. The number of carbonyl (C=O) groups excluding carboxylic acids is 1. The van der Waals surface area contributed by atoms with Crippen LogP contribution in [0.3, 0.4) is 0 Å². The molecule has 3 rings (SSSR count). The highest BCUT2D eigenvalue weighted by Gasteiger charge is 2.25. The summed E-state index contributed by atoms with van der Waals surface area (Å²) in [5.74, 6) is 0.214. The summed E-state index contributed by atoms with van der Waals surface area (Å²) >= 11 is 0. The Morgan fingerprint density at radius 2 is 2.13 bits per heavy atom. The number of anilines is 1. The van der Waals surface area contributed by atoms with Crippen molar-refractivity contribution in [1.29, 1.82) is 0 Å². The van der Waals surface area contributed by atoms with Gasteiger partial charge in [-0.25, -0.2) is 4.98 Å². The quantitative estimate of drug-likeness (QED) is 0.922. The summed E-state index contributed by atoms with van der Waals surface area (Å²) in [4.78, 5) is 18.8. The summed E-state index contributed by atoms with van der Waals surface area (Å²) in [6.07, 6.45) is 3.84. The van der Waals surface area contributed by atoms with Gasteiger partial charge in [-0.1, -0.05) is 18.2 Å². The predicted molar refractivity (Wildman–Crippen MR) is 89.9 cm³/mol. The van der Waals surface area contributed by atoms with E-state index in [0.29, 0.717) is 24.0 Å². The number of para-hydroxylation sites is 1. The third kappa shape index (κ3) is 3.44. The fourth-order valence-electron chi connectivity index (χ4n) is 3.04. The van der Waals surface area contributed by atoms with E-state index in [2.05, 4.69) is 27.3 Å². The molecule has 1 aromatic carbocycles. The fraction of sp³-hybridized carbons (Fsp3) is 0.333. The van der Waals surface area contributed by atoms with E-state index in [1.165, 1.54) is 12.8 Å². The molecule has 1 N–H and O–H groups in total. The first-order chi connectivity index (χ1) is 11.3. The topological polar surface area (TPSA) is 54.5 Å². The van der Waals surface area contributed by atoms with E-state index in [9.17, 15) is 4.79 Å². The van der Waals surface area contributed by atoms with Crippen molar-refractivity contribution in [3.8, 4) is 5.88 Å². The van der Waals surface area contributed by atoms with Gasteiger partial charge in [0.05, 0.1) is 7.11 Å². The molecule has 0 radical (unpaired) electrons. The number of methoxy groups -OCH3 is 1. The van der Waals surface area contributed by atoms with Crippen LogP contribution in [0.4, 0.5) is 5.69 Å². The highest BCUT2D eigenvalue weighted by molar-refractivity contribution is 5.96. The van der Waals surface area contributed by atoms with E-state index in [1.54, 1.807) is 18.3 Å². The molecule has 23 heavy (non-hydrogen) atoms. The van der Waals surface area contributed by atoms with Gasteiger partial charge in [-0.3, -0.25) is 4.79 Å². The number of nitrogens with zero attached hydrogens (tertiary/aromatic N) is 2. The van der Waals surface area contributed by atoms with Gasteiger partial charge in [0.2, 0.25) is 5.88 Å². The van der Waals surface area contributed by atoms with Crippen LogP contribution < -0.4 is 15.0 Å². The molecule has 2 heterocycles. The smallest absolute Gasteiger partial charge is 0.256 e. The Balaban J connectivity index is 1.64. The van der Waals surface area contributed by atoms with Gasteiger partial charge in [-0.05, 0) is 37.1 Å². The van der Waals surface area contributed by atoms with E-state index in [1.807, 2.05) is 18.2 Å². The second kappa shape index (κ2) is 7.13. The number of rotatable bonds is 5. The number of nitrogens with one attached hydrogen (secondary N) is 1. The van der Waals surface area contributed by atoms with E-state index in [4.69, 9.17) is 4.74 Å². The van der Waals surface area contributed by atoms with Crippen molar-refractivity contribution in [3.63, 3.8) is 0 Å². The molecule has 120 valence electrons. The first kappa shape index (κ1) is 15.3. The zero-order valence-electron chi connectivity index (χ0n) is 13.2. The predicted octanol–water partition coefficient (Wildman–Crippen LogP) is 2.49. The van der Waals surface area contributed by atoms with E-state index in [-0.39, 0.29) is 5.91 Å². The number of ether oxygens (including phenoxy) is 1. The maximum Gasteiger partial charge on any atom is 0.256 e. The molecular formula is C18H21N3O2. The first-order valence-electron chi connectivity index (χ1n) is 7.88. The van der Waals surface area contributed by atoms with E-state index < -0.39 is 0 Å². The highest BCUT2D eigenvalue weighted by Crippen LogP contribution is 2.25. The molecule has 0 spiro atoms. The molecule has 1 amide bonds. The molecule has 1 aliphatic heterocycles. The molecule has 1 saturated heterocycles. The Kier molecular flexibility index (Phi) is 4.76. The van der Waals surface area contributed by atoms with Crippen molar-refractivity contribution in [1.82, 2.24) is 10.3 Å². The van der Waals surface area contributed by atoms with Crippen molar-refractivity contribution in [2.24, 2.45) is 0 Å². The number of hydrogen-bond donors (Lipinski definition) is 1. The molecule has 0 bridgehead atoms. The molecule has 1 atom stereocenters. The molecule has 0 aliphatic carbocycles. The van der Waals surface area contributed by atoms with Crippen LogP contribution in [-0.2, 0) is 0 Å². The van der Waals surface area contributed by atoms with Crippen LogP contribution in [0.15, 0.2) is 48.7 Å². The fourth-order valence-corrected chi connectivity index (χ4v) is 3.04. The van der Waals surface area contributed by atoms with Crippen LogP contribution in [0.2, 0.25) is 0 Å². The third-order valence-corrected chi connectivity index (χ3v) is 4.17. The summed E-state index contributed by atoms with van der Waals surface area (Å²) in [6.45, 7) is 1.65. The van der Waals surface area contributed by atoms with Gasteiger partial charge in [0, 0.05) is 31.0 Å². The lowest BCUT2D eigenvalue weighted by atomic mass is 10.2. The SMILES string of the molecule is COc1ncccc1C(=O)NC[C@@H]1CCCN1c1ccccc1. The Hall–Kier alpha value is -2.56. The standard InChI is InChI=1S/C18H21N3O2/c1-23-18-16(10-5-11-19-18)17(22)20-13-15-9-6-12-21(15)14-7-3-2-4-8-14/h2-5,7-8,10-11,15H,6,9,12-13H2,1H3,(H,20,22)/t15-/m0/s1. The molecule has 0 unspecified atom stereocenters. The number of aromatic nitrogens is 1. The molecular weight excluding hydrogens is 290 g/mol. The van der Waals surface area contributed by atoms with Gasteiger partial charge in [0.15, 0.2) is 0 Å². The lowest BCUT2D eigenvalue weighted by Crippen LogP contribution is -2.40. The van der Waals surface area contributed by atoms with Crippen molar-refractivity contribution >= 4 is 11.6 Å². The average molecular weight is 311 g/mol. The van der Waals surface area contributed by atoms with Gasteiger partial charge in [0.1, 0.15) is 5.56 Å². The van der Waals surface area contributed by atoms with Crippen molar-refractivity contribution < 1.29 is 9.53 Å². The Labute approximate surface area is 136 Å². The first-order valence-corrected chi connectivity index (χ1v) is 7.88. The molecule has 2 aromatic rings. The highest BCUT2D eigenvalue weighted by atomic mass is 16.5. The van der Waals surface area contributed by atoms with Gasteiger partial charge >= 0.3 is 0 Å². The number of pyridine rings is 1.